The number of benzene rings is 4. The first-order valence-electron chi connectivity index (χ1n) is 15.0. The zero-order chi connectivity index (χ0) is 33.2. The van der Waals surface area contributed by atoms with Crippen LogP contribution in [-0.4, -0.2) is 115 Å². The summed E-state index contributed by atoms with van der Waals surface area (Å²) in [5, 5.41) is 67.0. The average Bonchev–Trinajstić information content (AvgIpc) is 3.09. The molecule has 47 heavy (non-hydrogen) atoms. The minimum absolute atomic E-state index is 0.195. The third-order valence-electron chi connectivity index (χ3n) is 8.42. The summed E-state index contributed by atoms with van der Waals surface area (Å²) < 4.78 is 22.7. The summed E-state index contributed by atoms with van der Waals surface area (Å²) in [5.41, 5.74) is -2.32. The van der Waals surface area contributed by atoms with Crippen LogP contribution in [0.15, 0.2) is 84.9 Å². The van der Waals surface area contributed by atoms with Crippen molar-refractivity contribution in [2.45, 2.75) is 59.7 Å². The summed E-state index contributed by atoms with van der Waals surface area (Å²) in [6.45, 7) is -1.41. The molecule has 6 N–H and O–H groups in total. The fraction of sp³-hybridized carbons (Fsp3) is 0.353. The molecular formula is C34H34O12S. The predicted octanol–water partition coefficient (Wildman–Crippen LogP) is 1.36. The Morgan fingerprint density at radius 2 is 0.957 bits per heavy atom. The highest BCUT2D eigenvalue weighted by atomic mass is 32.2. The number of carbonyl (C=O) groups is 2. The van der Waals surface area contributed by atoms with Gasteiger partial charge in [0.15, 0.2) is 12.2 Å². The fourth-order valence-electron chi connectivity index (χ4n) is 5.92. The Bertz CT molecular complexity index is 1600. The maximum absolute atomic E-state index is 13.3. The number of aliphatic hydroxyl groups is 6. The lowest BCUT2D eigenvalue weighted by Crippen LogP contribution is -2.62. The van der Waals surface area contributed by atoms with Gasteiger partial charge in [0.2, 0.25) is 0 Å². The zero-order valence-electron chi connectivity index (χ0n) is 24.8. The second-order valence-electron chi connectivity index (χ2n) is 11.3. The van der Waals surface area contributed by atoms with Crippen LogP contribution in [0.2, 0.25) is 0 Å². The lowest BCUT2D eigenvalue weighted by molar-refractivity contribution is -0.215. The first-order chi connectivity index (χ1) is 22.7. The van der Waals surface area contributed by atoms with Gasteiger partial charge in [0.1, 0.15) is 47.5 Å². The molecule has 4 aromatic carbocycles. The van der Waals surface area contributed by atoms with Gasteiger partial charge >= 0.3 is 11.9 Å². The lowest BCUT2D eigenvalue weighted by atomic mass is 9.99. The number of hydrogen-bond donors (Lipinski definition) is 6. The Labute approximate surface area is 273 Å². The van der Waals surface area contributed by atoms with Crippen LogP contribution in [0.4, 0.5) is 0 Å². The first-order valence-corrected chi connectivity index (χ1v) is 15.9. The fourth-order valence-corrected chi connectivity index (χ4v) is 7.23. The van der Waals surface area contributed by atoms with Crippen molar-refractivity contribution in [3.05, 3.63) is 96.1 Å². The number of carbonyl (C=O) groups excluding carboxylic acids is 2. The molecular weight excluding hydrogens is 632 g/mol. The molecule has 12 nitrogen and oxygen atoms in total. The Morgan fingerprint density at radius 3 is 1.36 bits per heavy atom. The third-order valence-corrected chi connectivity index (χ3v) is 9.73. The smallest absolute Gasteiger partial charge is 0.339 e. The minimum atomic E-state index is -1.69. The number of thioether (sulfide) groups is 1. The summed E-state index contributed by atoms with van der Waals surface area (Å²) in [4.78, 5) is 26.6. The molecule has 2 heterocycles. The van der Waals surface area contributed by atoms with Gasteiger partial charge in [-0.15, -0.1) is 0 Å². The number of aliphatic hydroxyl groups excluding tert-OH is 6. The normalized spacial score (nSPS) is 31.0. The Balaban J connectivity index is 1.21. The van der Waals surface area contributed by atoms with Crippen LogP contribution in [0.25, 0.3) is 21.5 Å². The largest absolute Gasteiger partial charge is 0.453 e. The molecule has 0 amide bonds. The lowest BCUT2D eigenvalue weighted by Gasteiger charge is -2.45. The van der Waals surface area contributed by atoms with E-state index < -0.39 is 84.9 Å². The van der Waals surface area contributed by atoms with E-state index in [1.807, 2.05) is 36.4 Å². The van der Waals surface area contributed by atoms with Gasteiger partial charge in [0.05, 0.1) is 24.3 Å². The van der Waals surface area contributed by atoms with E-state index in [2.05, 4.69) is 0 Å². The molecule has 2 saturated heterocycles. The molecule has 2 fully saturated rings. The Morgan fingerprint density at radius 1 is 0.574 bits per heavy atom. The van der Waals surface area contributed by atoms with Crippen LogP contribution in [0.1, 0.15) is 20.7 Å². The molecule has 13 heteroatoms. The van der Waals surface area contributed by atoms with Gasteiger partial charge in [-0.25, -0.2) is 9.59 Å². The summed E-state index contributed by atoms with van der Waals surface area (Å²) in [5.74, 6) is -1.66. The van der Waals surface area contributed by atoms with E-state index in [4.69, 9.17) is 18.9 Å². The summed E-state index contributed by atoms with van der Waals surface area (Å²) >= 11 is 0.687. The third kappa shape index (κ3) is 6.59. The monoisotopic (exact) mass is 666 g/mol. The summed E-state index contributed by atoms with van der Waals surface area (Å²) in [6, 6.07) is 24.3. The van der Waals surface area contributed by atoms with Crippen LogP contribution in [-0.2, 0) is 18.9 Å². The molecule has 10 atom stereocenters. The van der Waals surface area contributed by atoms with E-state index in [1.54, 1.807) is 48.5 Å². The highest BCUT2D eigenvalue weighted by Crippen LogP contribution is 2.38. The van der Waals surface area contributed by atoms with Crippen molar-refractivity contribution in [3.63, 3.8) is 0 Å². The topological polar surface area (TPSA) is 192 Å². The van der Waals surface area contributed by atoms with Gasteiger partial charge in [-0.3, -0.25) is 0 Å². The van der Waals surface area contributed by atoms with Gasteiger partial charge in [-0.2, -0.15) is 0 Å². The standard InChI is InChI=1S/C34H34O12S/c35-15-23-25(37)29(45-31(41)21-13-5-9-17-7-1-3-11-19(17)21)27(39)33(43-23)47-34-28(40)30(26(38)24(16-36)44-34)46-32(42)22-14-6-10-18-8-2-4-12-20(18)22/h1-14,23-30,33-40H,15-16H2/t23-,24-,25+,26+,27-,28-,29+,30+,33+,34+/m1/s1. The minimum Gasteiger partial charge on any atom is -0.453 e. The average molecular weight is 667 g/mol. The number of esters is 2. The van der Waals surface area contributed by atoms with E-state index >= 15 is 0 Å². The molecule has 0 aliphatic carbocycles. The van der Waals surface area contributed by atoms with Crippen molar-refractivity contribution < 1.29 is 59.2 Å². The highest BCUT2D eigenvalue weighted by molar-refractivity contribution is 8.00. The van der Waals surface area contributed by atoms with E-state index in [0.717, 1.165) is 10.8 Å². The summed E-state index contributed by atoms with van der Waals surface area (Å²) in [6.07, 6.45) is -12.4. The number of rotatable bonds is 8. The van der Waals surface area contributed by atoms with Gasteiger partial charge in [-0.05, 0) is 33.7 Å². The van der Waals surface area contributed by atoms with Crippen molar-refractivity contribution in [1.82, 2.24) is 0 Å². The molecule has 0 unspecified atom stereocenters. The quantitative estimate of drug-likeness (QED) is 0.148. The maximum atomic E-state index is 13.3. The van der Waals surface area contributed by atoms with Crippen molar-refractivity contribution in [1.29, 1.82) is 0 Å². The highest BCUT2D eigenvalue weighted by Gasteiger charge is 2.52. The second-order valence-corrected chi connectivity index (χ2v) is 12.5. The molecule has 2 aliphatic rings. The zero-order valence-corrected chi connectivity index (χ0v) is 25.6. The van der Waals surface area contributed by atoms with E-state index in [-0.39, 0.29) is 11.1 Å². The SMILES string of the molecule is O=C(O[C@H]1[C@@H](O)[C@@H](CO)O[C@@H](S[C@@H]2O[C@H](CO)[C@H](O)[C@H](OC(=O)c3cccc4ccccc34)[C@H]2O)[C@@H]1O)c1cccc2ccccc12. The van der Waals surface area contributed by atoms with Gasteiger partial charge < -0.3 is 49.6 Å². The predicted molar refractivity (Wildman–Crippen MR) is 169 cm³/mol. The van der Waals surface area contributed by atoms with Crippen molar-refractivity contribution in [2.24, 2.45) is 0 Å². The van der Waals surface area contributed by atoms with Gasteiger partial charge in [0.25, 0.3) is 0 Å². The number of fused-ring (bicyclic) bond motifs is 2. The van der Waals surface area contributed by atoms with E-state index in [9.17, 15) is 40.2 Å². The van der Waals surface area contributed by atoms with E-state index in [1.165, 1.54) is 0 Å². The Hall–Kier alpha value is -3.63. The molecule has 2 aliphatic heterocycles. The van der Waals surface area contributed by atoms with Crippen LogP contribution >= 0.6 is 11.8 Å². The second kappa shape index (κ2) is 14.2. The molecule has 0 spiro atoms. The first kappa shape index (κ1) is 33.3. The van der Waals surface area contributed by atoms with Crippen molar-refractivity contribution in [2.75, 3.05) is 13.2 Å². The van der Waals surface area contributed by atoms with Crippen molar-refractivity contribution in [3.8, 4) is 0 Å². The Kier molecular flexibility index (Phi) is 10.1. The molecule has 0 radical (unpaired) electrons. The van der Waals surface area contributed by atoms with Crippen LogP contribution < -0.4 is 0 Å². The van der Waals surface area contributed by atoms with Crippen molar-refractivity contribution >= 4 is 45.2 Å². The van der Waals surface area contributed by atoms with Gasteiger partial charge in [-0.1, -0.05) is 84.6 Å². The van der Waals surface area contributed by atoms with E-state index in [0.29, 0.717) is 22.5 Å². The molecule has 6 rings (SSSR count). The van der Waals surface area contributed by atoms with Crippen LogP contribution in [0.3, 0.4) is 0 Å². The van der Waals surface area contributed by atoms with Gasteiger partial charge in [0, 0.05) is 0 Å². The van der Waals surface area contributed by atoms with Crippen LogP contribution in [0.5, 0.6) is 0 Å². The van der Waals surface area contributed by atoms with Crippen LogP contribution in [0, 0.1) is 0 Å². The molecule has 0 bridgehead atoms. The number of hydrogen-bond acceptors (Lipinski definition) is 13. The molecule has 0 aromatic heterocycles. The number of ether oxygens (including phenoxy) is 4. The molecule has 4 aromatic rings. The molecule has 248 valence electrons. The summed E-state index contributed by atoms with van der Waals surface area (Å²) in [7, 11) is 0. The molecule has 0 saturated carbocycles. The maximum Gasteiger partial charge on any atom is 0.339 e.